The van der Waals surface area contributed by atoms with Crippen molar-refractivity contribution in [3.05, 3.63) is 27.3 Å². The molecule has 0 aliphatic rings. The number of hydrogen-bond donors (Lipinski definition) is 1. The van der Waals surface area contributed by atoms with Crippen LogP contribution in [0.4, 0.5) is 0 Å². The fourth-order valence-corrected chi connectivity index (χ4v) is 1.55. The van der Waals surface area contributed by atoms with Crippen molar-refractivity contribution in [1.82, 2.24) is 0 Å². The molecule has 0 unspecified atom stereocenters. The van der Waals surface area contributed by atoms with Gasteiger partial charge in [-0.25, -0.2) is 0 Å². The maximum absolute atomic E-state index is 9.07. The highest BCUT2D eigenvalue weighted by atomic mass is 127. The lowest BCUT2D eigenvalue weighted by Gasteiger charge is -1.99. The second-order valence-corrected chi connectivity index (χ2v) is 3.29. The van der Waals surface area contributed by atoms with E-state index in [4.69, 9.17) is 5.11 Å². The van der Waals surface area contributed by atoms with Gasteiger partial charge in [0.1, 0.15) is 5.75 Å². The Morgan fingerprint density at radius 2 is 2.20 bits per heavy atom. The van der Waals surface area contributed by atoms with E-state index < -0.39 is 0 Å². The second kappa shape index (κ2) is 3.23. The van der Waals surface area contributed by atoms with Gasteiger partial charge in [0.05, 0.1) is 0 Å². The van der Waals surface area contributed by atoms with Crippen LogP contribution in [0.2, 0.25) is 0 Å². The van der Waals surface area contributed by atoms with Crippen LogP contribution in [-0.2, 0) is 6.42 Å². The molecule has 0 fully saturated rings. The van der Waals surface area contributed by atoms with Gasteiger partial charge < -0.3 is 5.11 Å². The van der Waals surface area contributed by atoms with Gasteiger partial charge in [-0.05, 0) is 52.8 Å². The standard InChI is InChI=1S/C8H9IO/c1-2-6-5-7(10)3-4-8(6)9/h3-5,10H,2H2,1H3. The number of phenols is 1. The first-order chi connectivity index (χ1) is 4.74. The third kappa shape index (κ3) is 1.62. The smallest absolute Gasteiger partial charge is 0.115 e. The van der Waals surface area contributed by atoms with Gasteiger partial charge in [-0.3, -0.25) is 0 Å². The number of halogens is 1. The van der Waals surface area contributed by atoms with Crippen molar-refractivity contribution in [2.75, 3.05) is 0 Å². The Labute approximate surface area is 74.2 Å². The zero-order chi connectivity index (χ0) is 7.56. The van der Waals surface area contributed by atoms with Crippen LogP contribution in [0.5, 0.6) is 5.75 Å². The van der Waals surface area contributed by atoms with E-state index in [1.807, 2.05) is 12.1 Å². The summed E-state index contributed by atoms with van der Waals surface area (Å²) in [6, 6.07) is 5.44. The largest absolute Gasteiger partial charge is 0.508 e. The van der Waals surface area contributed by atoms with Crippen LogP contribution >= 0.6 is 22.6 Å². The van der Waals surface area contributed by atoms with Crippen LogP contribution in [0.15, 0.2) is 18.2 Å². The molecule has 0 radical (unpaired) electrons. The van der Waals surface area contributed by atoms with Crippen molar-refractivity contribution in [3.63, 3.8) is 0 Å². The Morgan fingerprint density at radius 1 is 1.50 bits per heavy atom. The van der Waals surface area contributed by atoms with Crippen molar-refractivity contribution in [3.8, 4) is 5.75 Å². The minimum Gasteiger partial charge on any atom is -0.508 e. The van der Waals surface area contributed by atoms with Crippen LogP contribution < -0.4 is 0 Å². The Morgan fingerprint density at radius 3 is 2.70 bits per heavy atom. The molecule has 0 saturated heterocycles. The molecular weight excluding hydrogens is 239 g/mol. The molecule has 0 bridgehead atoms. The predicted molar refractivity (Wildman–Crippen MR) is 50.2 cm³/mol. The minimum atomic E-state index is 0.359. The number of benzene rings is 1. The Kier molecular flexibility index (Phi) is 2.54. The fraction of sp³-hybridized carbons (Fsp3) is 0.250. The average molecular weight is 248 g/mol. The highest BCUT2D eigenvalue weighted by Gasteiger charge is 1.96. The second-order valence-electron chi connectivity index (χ2n) is 2.13. The molecule has 1 aromatic carbocycles. The molecule has 0 amide bonds. The first-order valence-electron chi connectivity index (χ1n) is 3.21. The van der Waals surface area contributed by atoms with Crippen LogP contribution in [0.1, 0.15) is 12.5 Å². The van der Waals surface area contributed by atoms with Crippen molar-refractivity contribution in [2.45, 2.75) is 13.3 Å². The summed E-state index contributed by atoms with van der Waals surface area (Å²) in [5, 5.41) is 9.07. The Hall–Kier alpha value is -0.250. The van der Waals surface area contributed by atoms with Crippen LogP contribution in [-0.4, -0.2) is 5.11 Å². The lowest BCUT2D eigenvalue weighted by molar-refractivity contribution is 0.474. The van der Waals surface area contributed by atoms with Gasteiger partial charge in [0.15, 0.2) is 0 Å². The molecule has 1 nitrogen and oxygen atoms in total. The van der Waals surface area contributed by atoms with Gasteiger partial charge in [-0.2, -0.15) is 0 Å². The molecule has 1 N–H and O–H groups in total. The highest BCUT2D eigenvalue weighted by Crippen LogP contribution is 2.18. The molecule has 0 saturated carbocycles. The predicted octanol–water partition coefficient (Wildman–Crippen LogP) is 2.56. The zero-order valence-corrected chi connectivity index (χ0v) is 7.92. The molecule has 1 aromatic rings. The summed E-state index contributed by atoms with van der Waals surface area (Å²) >= 11 is 2.27. The van der Waals surface area contributed by atoms with E-state index in [1.54, 1.807) is 6.07 Å². The summed E-state index contributed by atoms with van der Waals surface area (Å²) in [7, 11) is 0. The lowest BCUT2D eigenvalue weighted by Crippen LogP contribution is -1.83. The van der Waals surface area contributed by atoms with Crippen molar-refractivity contribution in [1.29, 1.82) is 0 Å². The van der Waals surface area contributed by atoms with E-state index in [0.29, 0.717) is 5.75 Å². The topological polar surface area (TPSA) is 20.2 Å². The van der Waals surface area contributed by atoms with Crippen molar-refractivity contribution < 1.29 is 5.11 Å². The van der Waals surface area contributed by atoms with Gasteiger partial charge in [-0.15, -0.1) is 0 Å². The quantitative estimate of drug-likeness (QED) is 0.757. The lowest BCUT2D eigenvalue weighted by atomic mass is 10.2. The van der Waals surface area contributed by atoms with E-state index in [-0.39, 0.29) is 0 Å². The van der Waals surface area contributed by atoms with Crippen LogP contribution in [0, 0.1) is 3.57 Å². The van der Waals surface area contributed by atoms with Crippen LogP contribution in [0.25, 0.3) is 0 Å². The molecule has 2 heteroatoms. The monoisotopic (exact) mass is 248 g/mol. The van der Waals surface area contributed by atoms with Gasteiger partial charge >= 0.3 is 0 Å². The van der Waals surface area contributed by atoms with Crippen LogP contribution in [0.3, 0.4) is 0 Å². The zero-order valence-electron chi connectivity index (χ0n) is 5.76. The van der Waals surface area contributed by atoms with Gasteiger partial charge in [-0.1, -0.05) is 6.92 Å². The van der Waals surface area contributed by atoms with Crippen molar-refractivity contribution >= 4 is 22.6 Å². The average Bonchev–Trinajstić information content (AvgIpc) is 1.94. The summed E-state index contributed by atoms with van der Waals surface area (Å²) in [5.41, 5.74) is 1.21. The summed E-state index contributed by atoms with van der Waals surface area (Å²) < 4.78 is 1.22. The van der Waals surface area contributed by atoms with E-state index in [9.17, 15) is 0 Å². The number of hydrogen-bond acceptors (Lipinski definition) is 1. The normalized spacial score (nSPS) is 9.80. The fourth-order valence-electron chi connectivity index (χ4n) is 0.832. The van der Waals surface area contributed by atoms with E-state index in [2.05, 4.69) is 29.5 Å². The molecule has 54 valence electrons. The molecule has 0 heterocycles. The number of phenolic OH excluding ortho intramolecular Hbond substituents is 1. The summed E-state index contributed by atoms with van der Waals surface area (Å²) in [6.07, 6.45) is 0.979. The molecule has 0 aliphatic carbocycles. The Bertz CT molecular complexity index is 233. The molecule has 1 rings (SSSR count). The molecule has 0 atom stereocenters. The molecule has 0 spiro atoms. The van der Waals surface area contributed by atoms with Crippen molar-refractivity contribution in [2.24, 2.45) is 0 Å². The highest BCUT2D eigenvalue weighted by molar-refractivity contribution is 14.1. The molecule has 0 aliphatic heterocycles. The third-order valence-electron chi connectivity index (χ3n) is 1.41. The number of aryl methyl sites for hydroxylation is 1. The summed E-state index contributed by atoms with van der Waals surface area (Å²) in [4.78, 5) is 0. The number of rotatable bonds is 1. The van der Waals surface area contributed by atoms with E-state index >= 15 is 0 Å². The first kappa shape index (κ1) is 7.85. The van der Waals surface area contributed by atoms with E-state index in [1.165, 1.54) is 9.13 Å². The van der Waals surface area contributed by atoms with Gasteiger partial charge in [0.2, 0.25) is 0 Å². The maximum atomic E-state index is 9.07. The summed E-state index contributed by atoms with van der Waals surface area (Å²) in [6.45, 7) is 2.08. The molecule has 10 heavy (non-hydrogen) atoms. The van der Waals surface area contributed by atoms with E-state index in [0.717, 1.165) is 6.42 Å². The molecular formula is C8H9IO. The Balaban J connectivity index is 3.09. The third-order valence-corrected chi connectivity index (χ3v) is 2.46. The maximum Gasteiger partial charge on any atom is 0.115 e. The number of aromatic hydroxyl groups is 1. The summed E-state index contributed by atoms with van der Waals surface area (Å²) in [5.74, 6) is 0.359. The molecule has 0 aromatic heterocycles. The van der Waals surface area contributed by atoms with Gasteiger partial charge in [0.25, 0.3) is 0 Å². The van der Waals surface area contributed by atoms with Gasteiger partial charge in [0, 0.05) is 3.57 Å². The first-order valence-corrected chi connectivity index (χ1v) is 4.29. The minimum absolute atomic E-state index is 0.359. The SMILES string of the molecule is CCc1cc(O)ccc1I.